The minimum absolute atomic E-state index is 0.268. The van der Waals surface area contributed by atoms with E-state index in [0.29, 0.717) is 12.1 Å². The molecule has 1 aromatic heterocycles. The van der Waals surface area contributed by atoms with Crippen LogP contribution in [0.4, 0.5) is 0 Å². The molecule has 0 bridgehead atoms. The number of nitrogens with one attached hydrogen (secondary N) is 1. The van der Waals surface area contributed by atoms with Gasteiger partial charge in [-0.3, -0.25) is 4.90 Å². The quantitative estimate of drug-likeness (QED) is 0.601. The smallest absolute Gasteiger partial charge is 0.127 e. The fourth-order valence-corrected chi connectivity index (χ4v) is 4.63. The van der Waals surface area contributed by atoms with Gasteiger partial charge in [0.25, 0.3) is 0 Å². The van der Waals surface area contributed by atoms with E-state index in [0.717, 1.165) is 41.5 Å². The molecule has 2 aromatic carbocycles. The third-order valence-corrected chi connectivity index (χ3v) is 6.18. The number of likely N-dealkylation sites (tertiary alicyclic amines) is 1. The zero-order valence-corrected chi connectivity index (χ0v) is 18.4. The van der Waals surface area contributed by atoms with Gasteiger partial charge >= 0.3 is 0 Å². The number of hydrogen-bond acceptors (Lipinski definition) is 3. The lowest BCUT2D eigenvalue weighted by molar-refractivity contribution is 0.143. The van der Waals surface area contributed by atoms with Crippen LogP contribution in [0.5, 0.6) is 0 Å². The highest BCUT2D eigenvalue weighted by molar-refractivity contribution is 6.31. The number of piperidine rings is 1. The van der Waals surface area contributed by atoms with Crippen molar-refractivity contribution in [2.75, 3.05) is 13.1 Å². The topological polar surface area (TPSA) is 33.1 Å². The van der Waals surface area contributed by atoms with Crippen LogP contribution in [-0.4, -0.2) is 39.6 Å². The first-order valence-electron chi connectivity index (χ1n) is 10.7. The van der Waals surface area contributed by atoms with Crippen LogP contribution in [-0.2, 0) is 6.54 Å². The molecule has 4 nitrogen and oxygen atoms in total. The maximum Gasteiger partial charge on any atom is 0.127 e. The third-order valence-electron chi connectivity index (χ3n) is 5.94. The van der Waals surface area contributed by atoms with E-state index in [1.165, 1.54) is 18.4 Å². The largest absolute Gasteiger partial charge is 0.322 e. The lowest BCUT2D eigenvalue weighted by Crippen LogP contribution is -2.45. The van der Waals surface area contributed by atoms with Crippen molar-refractivity contribution in [1.29, 1.82) is 0 Å². The van der Waals surface area contributed by atoms with Crippen molar-refractivity contribution in [2.24, 2.45) is 0 Å². The Morgan fingerprint density at radius 3 is 2.48 bits per heavy atom. The van der Waals surface area contributed by atoms with Crippen LogP contribution >= 0.6 is 11.6 Å². The Labute approximate surface area is 178 Å². The molecule has 0 saturated carbocycles. The van der Waals surface area contributed by atoms with Crippen LogP contribution in [0.1, 0.15) is 51.0 Å². The van der Waals surface area contributed by atoms with Crippen molar-refractivity contribution in [3.05, 3.63) is 64.9 Å². The van der Waals surface area contributed by atoms with Gasteiger partial charge in [-0.1, -0.05) is 55.8 Å². The second-order valence-corrected chi connectivity index (χ2v) is 8.92. The van der Waals surface area contributed by atoms with Gasteiger partial charge in [0.1, 0.15) is 5.82 Å². The lowest BCUT2D eigenvalue weighted by atomic mass is 10.0. The first-order chi connectivity index (χ1) is 14.0. The number of hydrogen-bond donors (Lipinski definition) is 1. The maximum atomic E-state index is 6.26. The Bertz CT molecular complexity index is 942. The second kappa shape index (κ2) is 8.86. The molecule has 1 unspecified atom stereocenters. The molecule has 0 aliphatic carbocycles. The summed E-state index contributed by atoms with van der Waals surface area (Å²) in [6.07, 6.45) is 2.38. The van der Waals surface area contributed by atoms with E-state index >= 15 is 0 Å². The van der Waals surface area contributed by atoms with E-state index in [1.54, 1.807) is 0 Å². The van der Waals surface area contributed by atoms with Crippen LogP contribution in [0, 0.1) is 0 Å². The van der Waals surface area contributed by atoms with Crippen molar-refractivity contribution in [2.45, 2.75) is 58.3 Å². The number of imidazole rings is 1. The van der Waals surface area contributed by atoms with E-state index in [1.807, 2.05) is 12.1 Å². The zero-order valence-electron chi connectivity index (χ0n) is 17.6. The first kappa shape index (κ1) is 20.4. The SMILES string of the molecule is CC(C)NC1CCN(C(C)c2nc3cc(Cl)ccc3n2Cc2ccccc2)CC1. The van der Waals surface area contributed by atoms with E-state index in [-0.39, 0.29) is 6.04 Å². The molecule has 1 fully saturated rings. The van der Waals surface area contributed by atoms with Crippen molar-refractivity contribution < 1.29 is 0 Å². The summed E-state index contributed by atoms with van der Waals surface area (Å²) in [5.74, 6) is 1.13. The predicted octanol–water partition coefficient (Wildman–Crippen LogP) is 5.26. The Morgan fingerprint density at radius 1 is 1.07 bits per heavy atom. The van der Waals surface area contributed by atoms with E-state index in [2.05, 4.69) is 72.0 Å². The highest BCUT2D eigenvalue weighted by Crippen LogP contribution is 2.29. The summed E-state index contributed by atoms with van der Waals surface area (Å²) in [5.41, 5.74) is 3.41. The van der Waals surface area contributed by atoms with Crippen molar-refractivity contribution in [3.63, 3.8) is 0 Å². The van der Waals surface area contributed by atoms with E-state index in [9.17, 15) is 0 Å². The third kappa shape index (κ3) is 4.66. The number of rotatable bonds is 6. The molecular formula is C24H31ClN4. The van der Waals surface area contributed by atoms with Gasteiger partial charge in [-0.2, -0.15) is 0 Å². The lowest BCUT2D eigenvalue weighted by Gasteiger charge is -2.36. The summed E-state index contributed by atoms with van der Waals surface area (Å²) in [5, 5.41) is 4.43. The van der Waals surface area contributed by atoms with Crippen molar-refractivity contribution >= 4 is 22.6 Å². The zero-order chi connectivity index (χ0) is 20.4. The number of benzene rings is 2. The highest BCUT2D eigenvalue weighted by Gasteiger charge is 2.27. The summed E-state index contributed by atoms with van der Waals surface area (Å²) < 4.78 is 2.37. The minimum atomic E-state index is 0.268. The molecule has 1 N–H and O–H groups in total. The number of aromatic nitrogens is 2. The summed E-state index contributed by atoms with van der Waals surface area (Å²) in [7, 11) is 0. The Kier molecular flexibility index (Phi) is 6.23. The molecule has 0 spiro atoms. The molecule has 5 heteroatoms. The standard InChI is InChI=1S/C24H31ClN4/c1-17(2)26-21-11-13-28(14-12-21)18(3)24-27-22-15-20(25)9-10-23(22)29(24)16-19-7-5-4-6-8-19/h4-10,15,17-18,21,26H,11-14,16H2,1-3H3. The fourth-order valence-electron chi connectivity index (χ4n) is 4.46. The van der Waals surface area contributed by atoms with Gasteiger partial charge in [0, 0.05) is 36.7 Å². The van der Waals surface area contributed by atoms with Crippen LogP contribution in [0.2, 0.25) is 5.02 Å². The van der Waals surface area contributed by atoms with E-state index in [4.69, 9.17) is 16.6 Å². The molecule has 1 atom stereocenters. The van der Waals surface area contributed by atoms with Gasteiger partial charge < -0.3 is 9.88 Å². The monoisotopic (exact) mass is 410 g/mol. The first-order valence-corrected chi connectivity index (χ1v) is 11.1. The molecule has 0 amide bonds. The molecule has 1 aliphatic rings. The number of nitrogens with zero attached hydrogens (tertiary/aromatic N) is 3. The van der Waals surface area contributed by atoms with Gasteiger partial charge in [0.05, 0.1) is 17.1 Å². The Balaban J connectivity index is 1.61. The summed E-state index contributed by atoms with van der Waals surface area (Å²) in [6, 6.07) is 18.1. The van der Waals surface area contributed by atoms with Gasteiger partial charge in [0.15, 0.2) is 0 Å². The minimum Gasteiger partial charge on any atom is -0.322 e. The molecule has 3 aromatic rings. The fraction of sp³-hybridized carbons (Fsp3) is 0.458. The molecule has 29 heavy (non-hydrogen) atoms. The molecule has 0 radical (unpaired) electrons. The van der Waals surface area contributed by atoms with E-state index < -0.39 is 0 Å². The molecule has 1 saturated heterocycles. The van der Waals surface area contributed by atoms with Gasteiger partial charge in [-0.25, -0.2) is 4.98 Å². The summed E-state index contributed by atoms with van der Waals surface area (Å²) in [4.78, 5) is 7.61. The van der Waals surface area contributed by atoms with Gasteiger partial charge in [0.2, 0.25) is 0 Å². The summed E-state index contributed by atoms with van der Waals surface area (Å²) in [6.45, 7) is 9.77. The molecule has 1 aliphatic heterocycles. The summed E-state index contributed by atoms with van der Waals surface area (Å²) >= 11 is 6.26. The molecule has 154 valence electrons. The van der Waals surface area contributed by atoms with Crippen LogP contribution < -0.4 is 5.32 Å². The Hall–Kier alpha value is -1.88. The molecular weight excluding hydrogens is 380 g/mol. The number of fused-ring (bicyclic) bond motifs is 1. The van der Waals surface area contributed by atoms with Crippen LogP contribution in [0.25, 0.3) is 11.0 Å². The van der Waals surface area contributed by atoms with Crippen LogP contribution in [0.3, 0.4) is 0 Å². The highest BCUT2D eigenvalue weighted by atomic mass is 35.5. The van der Waals surface area contributed by atoms with Crippen molar-refractivity contribution in [1.82, 2.24) is 19.8 Å². The van der Waals surface area contributed by atoms with Crippen molar-refractivity contribution in [3.8, 4) is 0 Å². The average molecular weight is 411 g/mol. The normalized spacial score (nSPS) is 17.3. The van der Waals surface area contributed by atoms with Crippen LogP contribution in [0.15, 0.2) is 48.5 Å². The molecule has 2 heterocycles. The number of halogens is 1. The van der Waals surface area contributed by atoms with Gasteiger partial charge in [-0.05, 0) is 43.5 Å². The maximum absolute atomic E-state index is 6.26. The Morgan fingerprint density at radius 2 is 1.79 bits per heavy atom. The van der Waals surface area contributed by atoms with Gasteiger partial charge in [-0.15, -0.1) is 0 Å². The second-order valence-electron chi connectivity index (χ2n) is 8.48. The molecule has 4 rings (SSSR count). The average Bonchev–Trinajstić information content (AvgIpc) is 3.05. The predicted molar refractivity (Wildman–Crippen MR) is 122 cm³/mol.